The summed E-state index contributed by atoms with van der Waals surface area (Å²) in [4.78, 5) is 10.7. The maximum absolute atomic E-state index is 10.9. The third-order valence-electron chi connectivity index (χ3n) is 2.94. The van der Waals surface area contributed by atoms with Crippen molar-refractivity contribution in [1.29, 1.82) is 0 Å². The Kier molecular flexibility index (Phi) is 5.19. The first kappa shape index (κ1) is 14.2. The molecule has 17 heavy (non-hydrogen) atoms. The van der Waals surface area contributed by atoms with Gasteiger partial charge >= 0.3 is 0 Å². The first-order valence-corrected chi connectivity index (χ1v) is 6.78. The van der Waals surface area contributed by atoms with E-state index in [1.165, 1.54) is 17.5 Å². The molecule has 0 radical (unpaired) electrons. The minimum Gasteiger partial charge on any atom is -0.346 e. The van der Waals surface area contributed by atoms with Gasteiger partial charge in [-0.05, 0) is 17.5 Å². The lowest BCUT2D eigenvalue weighted by Gasteiger charge is -2.25. The highest BCUT2D eigenvalue weighted by molar-refractivity contribution is 9.18. The van der Waals surface area contributed by atoms with Gasteiger partial charge in [0.15, 0.2) is 0 Å². The monoisotopic (exact) mass is 297 g/mol. The van der Waals surface area contributed by atoms with Gasteiger partial charge in [-0.2, -0.15) is 0 Å². The summed E-state index contributed by atoms with van der Waals surface area (Å²) in [5.41, 5.74) is 2.57. The SMILES string of the molecule is CCCc1ccc(C(C)(C)CNC(=O)Br)cc1. The van der Waals surface area contributed by atoms with Gasteiger partial charge in [-0.15, -0.1) is 0 Å². The molecular formula is C14H20BrNO. The maximum atomic E-state index is 10.9. The zero-order valence-electron chi connectivity index (χ0n) is 10.7. The van der Waals surface area contributed by atoms with E-state index in [9.17, 15) is 4.79 Å². The van der Waals surface area contributed by atoms with Crippen LogP contribution in [0.3, 0.4) is 0 Å². The van der Waals surface area contributed by atoms with Crippen LogP contribution in [0.25, 0.3) is 0 Å². The second kappa shape index (κ2) is 6.20. The summed E-state index contributed by atoms with van der Waals surface area (Å²) in [5, 5.41) is 2.80. The van der Waals surface area contributed by atoms with Crippen LogP contribution in [0.4, 0.5) is 4.79 Å². The Bertz CT molecular complexity index is 370. The number of carbonyl (C=O) groups is 1. The largest absolute Gasteiger partial charge is 0.346 e. The van der Waals surface area contributed by atoms with Gasteiger partial charge < -0.3 is 5.32 Å². The molecule has 0 atom stereocenters. The number of amides is 1. The summed E-state index contributed by atoms with van der Waals surface area (Å²) in [6.07, 6.45) is 2.29. The van der Waals surface area contributed by atoms with Crippen LogP contribution in [-0.2, 0) is 11.8 Å². The Morgan fingerprint density at radius 1 is 1.29 bits per heavy atom. The Labute approximate surface area is 112 Å². The van der Waals surface area contributed by atoms with Crippen molar-refractivity contribution >= 4 is 20.7 Å². The lowest BCUT2D eigenvalue weighted by molar-refractivity contribution is 0.259. The van der Waals surface area contributed by atoms with E-state index < -0.39 is 0 Å². The lowest BCUT2D eigenvalue weighted by Crippen LogP contribution is -2.34. The molecule has 0 aliphatic carbocycles. The molecule has 0 unspecified atom stereocenters. The van der Waals surface area contributed by atoms with Crippen molar-refractivity contribution in [3.05, 3.63) is 35.4 Å². The molecule has 0 heterocycles. The molecule has 2 nitrogen and oxygen atoms in total. The first-order chi connectivity index (χ1) is 7.95. The van der Waals surface area contributed by atoms with E-state index in [0.717, 1.165) is 6.42 Å². The Hall–Kier alpha value is -0.830. The number of hydrogen-bond donors (Lipinski definition) is 1. The topological polar surface area (TPSA) is 29.1 Å². The average Bonchev–Trinajstić information content (AvgIpc) is 2.28. The molecule has 0 saturated heterocycles. The van der Waals surface area contributed by atoms with Gasteiger partial charge in [0.1, 0.15) is 0 Å². The van der Waals surface area contributed by atoms with Crippen LogP contribution in [0.1, 0.15) is 38.3 Å². The molecule has 1 rings (SSSR count). The highest BCUT2D eigenvalue weighted by Crippen LogP contribution is 2.23. The predicted octanol–water partition coefficient (Wildman–Crippen LogP) is 4.02. The fraction of sp³-hybridized carbons (Fsp3) is 0.500. The number of halogens is 1. The molecule has 1 aromatic carbocycles. The number of nitrogens with one attached hydrogen (secondary N) is 1. The van der Waals surface area contributed by atoms with Gasteiger partial charge in [0.2, 0.25) is 0 Å². The van der Waals surface area contributed by atoms with Crippen LogP contribution in [0.2, 0.25) is 0 Å². The third kappa shape index (κ3) is 4.50. The fourth-order valence-corrected chi connectivity index (χ4v) is 1.94. The summed E-state index contributed by atoms with van der Waals surface area (Å²) < 4.78 is 0. The van der Waals surface area contributed by atoms with Crippen LogP contribution in [-0.4, -0.2) is 11.4 Å². The van der Waals surface area contributed by atoms with E-state index >= 15 is 0 Å². The zero-order valence-corrected chi connectivity index (χ0v) is 12.3. The van der Waals surface area contributed by atoms with Crippen LogP contribution in [0, 0.1) is 0 Å². The van der Waals surface area contributed by atoms with Gasteiger partial charge in [-0.25, -0.2) is 0 Å². The minimum atomic E-state index is -0.159. The maximum Gasteiger partial charge on any atom is 0.287 e. The van der Waals surface area contributed by atoms with Crippen molar-refractivity contribution in [3.8, 4) is 0 Å². The summed E-state index contributed by atoms with van der Waals surface area (Å²) >= 11 is 2.88. The molecule has 0 spiro atoms. The van der Waals surface area contributed by atoms with E-state index in [1.54, 1.807) is 0 Å². The van der Waals surface area contributed by atoms with E-state index in [-0.39, 0.29) is 10.2 Å². The second-order valence-corrected chi connectivity index (χ2v) is 5.68. The van der Waals surface area contributed by atoms with Gasteiger partial charge in [-0.3, -0.25) is 4.79 Å². The summed E-state index contributed by atoms with van der Waals surface area (Å²) in [6, 6.07) is 8.67. The Balaban J connectivity index is 2.73. The number of hydrogen-bond acceptors (Lipinski definition) is 1. The van der Waals surface area contributed by atoms with Gasteiger partial charge in [0.25, 0.3) is 4.82 Å². The molecule has 0 aliphatic heterocycles. The van der Waals surface area contributed by atoms with E-state index in [1.807, 2.05) is 0 Å². The molecule has 0 aliphatic rings. The normalized spacial score (nSPS) is 11.3. The van der Waals surface area contributed by atoms with Crippen molar-refractivity contribution in [2.45, 2.75) is 39.0 Å². The molecule has 1 N–H and O–H groups in total. The highest BCUT2D eigenvalue weighted by atomic mass is 79.9. The molecule has 1 aromatic rings. The molecular weight excluding hydrogens is 278 g/mol. The van der Waals surface area contributed by atoms with Crippen LogP contribution in [0.5, 0.6) is 0 Å². The van der Waals surface area contributed by atoms with Gasteiger partial charge in [0.05, 0.1) is 0 Å². The number of carbonyl (C=O) groups excluding carboxylic acids is 1. The number of benzene rings is 1. The quantitative estimate of drug-likeness (QED) is 0.645. The second-order valence-electron chi connectivity index (χ2n) is 4.96. The number of rotatable bonds is 5. The van der Waals surface area contributed by atoms with Crippen molar-refractivity contribution in [2.75, 3.05) is 6.54 Å². The smallest absolute Gasteiger partial charge is 0.287 e. The molecule has 0 fully saturated rings. The lowest BCUT2D eigenvalue weighted by atomic mass is 9.84. The third-order valence-corrected chi connectivity index (χ3v) is 3.22. The fourth-order valence-electron chi connectivity index (χ4n) is 1.80. The molecule has 0 saturated carbocycles. The van der Waals surface area contributed by atoms with E-state index in [2.05, 4.69) is 66.3 Å². The van der Waals surface area contributed by atoms with Gasteiger partial charge in [0, 0.05) is 27.9 Å². The van der Waals surface area contributed by atoms with Crippen LogP contribution < -0.4 is 5.32 Å². The van der Waals surface area contributed by atoms with Crippen molar-refractivity contribution in [3.63, 3.8) is 0 Å². The summed E-state index contributed by atoms with van der Waals surface area (Å²) in [6.45, 7) is 7.07. The van der Waals surface area contributed by atoms with Crippen molar-refractivity contribution in [2.24, 2.45) is 0 Å². The first-order valence-electron chi connectivity index (χ1n) is 5.98. The average molecular weight is 298 g/mol. The molecule has 0 bridgehead atoms. The predicted molar refractivity (Wildman–Crippen MR) is 75.8 cm³/mol. The zero-order chi connectivity index (χ0) is 12.9. The van der Waals surface area contributed by atoms with E-state index in [4.69, 9.17) is 0 Å². The molecule has 1 amide bonds. The molecule has 94 valence electrons. The van der Waals surface area contributed by atoms with Crippen LogP contribution in [0.15, 0.2) is 24.3 Å². The van der Waals surface area contributed by atoms with Crippen molar-refractivity contribution in [1.82, 2.24) is 5.32 Å². The van der Waals surface area contributed by atoms with Crippen molar-refractivity contribution < 1.29 is 4.79 Å². The molecule has 0 aromatic heterocycles. The molecule has 3 heteroatoms. The standard InChI is InChI=1S/C14H20BrNO/c1-4-5-11-6-8-12(9-7-11)14(2,3)10-16-13(15)17/h6-9H,4-5,10H2,1-3H3,(H,16,17). The minimum absolute atomic E-state index is 0.0474. The summed E-state index contributed by atoms with van der Waals surface area (Å²) in [5.74, 6) is 0. The van der Waals surface area contributed by atoms with E-state index in [0.29, 0.717) is 6.54 Å². The number of aryl methyl sites for hydroxylation is 1. The Morgan fingerprint density at radius 2 is 1.88 bits per heavy atom. The Morgan fingerprint density at radius 3 is 2.35 bits per heavy atom. The highest BCUT2D eigenvalue weighted by Gasteiger charge is 2.20. The summed E-state index contributed by atoms with van der Waals surface area (Å²) in [7, 11) is 0. The van der Waals surface area contributed by atoms with Gasteiger partial charge in [-0.1, -0.05) is 51.5 Å². The van der Waals surface area contributed by atoms with Crippen LogP contribution >= 0.6 is 15.9 Å².